The van der Waals surface area contributed by atoms with Crippen LogP contribution in [0.5, 0.6) is 0 Å². The molecular formula is C12H16N2O5. The number of aryl methyl sites for hydroxylation is 1. The Morgan fingerprint density at radius 1 is 1.42 bits per heavy atom. The van der Waals surface area contributed by atoms with Gasteiger partial charge in [0.25, 0.3) is 0 Å². The highest BCUT2D eigenvalue weighted by molar-refractivity contribution is 5.90. The quantitative estimate of drug-likeness (QED) is 0.554. The maximum Gasteiger partial charge on any atom is 0.339 e. The number of carboxylic acid groups (broad SMARTS) is 1. The van der Waals surface area contributed by atoms with Crippen molar-refractivity contribution < 1.29 is 24.2 Å². The van der Waals surface area contributed by atoms with Crippen LogP contribution < -0.4 is 5.32 Å². The smallest absolute Gasteiger partial charge is 0.339 e. The minimum Gasteiger partial charge on any atom is -0.480 e. The zero-order chi connectivity index (χ0) is 14.3. The number of aromatic nitrogens is 1. The number of carbonyl (C=O) groups excluding carboxylic acids is 1. The Morgan fingerprint density at radius 3 is 2.74 bits per heavy atom. The number of ether oxygens (including phenoxy) is 2. The van der Waals surface area contributed by atoms with Gasteiger partial charge in [-0.2, -0.15) is 0 Å². The zero-order valence-corrected chi connectivity index (χ0v) is 10.8. The molecule has 0 radical (unpaired) electrons. The number of hydrogen-bond donors (Lipinski definition) is 2. The zero-order valence-electron chi connectivity index (χ0n) is 10.8. The van der Waals surface area contributed by atoms with E-state index in [9.17, 15) is 9.59 Å². The van der Waals surface area contributed by atoms with Gasteiger partial charge in [0.2, 0.25) is 0 Å². The van der Waals surface area contributed by atoms with E-state index in [0.29, 0.717) is 23.6 Å². The molecule has 104 valence electrons. The van der Waals surface area contributed by atoms with Gasteiger partial charge in [0.05, 0.1) is 25.0 Å². The Bertz CT molecular complexity index is 461. The van der Waals surface area contributed by atoms with E-state index in [2.05, 4.69) is 15.0 Å². The Balaban J connectivity index is 2.45. The highest BCUT2D eigenvalue weighted by Crippen LogP contribution is 2.11. The van der Waals surface area contributed by atoms with E-state index in [1.807, 2.05) is 0 Å². The molecule has 0 atom stereocenters. The van der Waals surface area contributed by atoms with Gasteiger partial charge >= 0.3 is 11.9 Å². The van der Waals surface area contributed by atoms with Crippen molar-refractivity contribution in [2.24, 2.45) is 0 Å². The summed E-state index contributed by atoms with van der Waals surface area (Å²) in [6.45, 7) is 2.07. The molecule has 0 bridgehead atoms. The SMILES string of the molecule is COC(=O)c1ccc(NCCOCC(=O)O)nc1C. The Morgan fingerprint density at radius 2 is 2.16 bits per heavy atom. The number of aliphatic carboxylic acids is 1. The first-order valence-corrected chi connectivity index (χ1v) is 5.64. The minimum absolute atomic E-state index is 0.256. The van der Waals surface area contributed by atoms with Crippen molar-refractivity contribution in [1.82, 2.24) is 4.98 Å². The van der Waals surface area contributed by atoms with E-state index in [-0.39, 0.29) is 13.2 Å². The summed E-state index contributed by atoms with van der Waals surface area (Å²) in [6.07, 6.45) is 0. The van der Waals surface area contributed by atoms with Crippen LogP contribution in [0.4, 0.5) is 5.82 Å². The average Bonchev–Trinajstić information content (AvgIpc) is 2.37. The second-order valence-corrected chi connectivity index (χ2v) is 3.69. The summed E-state index contributed by atoms with van der Waals surface area (Å²) in [4.78, 5) is 25.7. The van der Waals surface area contributed by atoms with Crippen LogP contribution in [0, 0.1) is 6.92 Å². The predicted molar refractivity (Wildman–Crippen MR) is 67.3 cm³/mol. The number of pyridine rings is 1. The van der Waals surface area contributed by atoms with E-state index < -0.39 is 11.9 Å². The van der Waals surface area contributed by atoms with E-state index in [0.717, 1.165) is 0 Å². The van der Waals surface area contributed by atoms with Crippen molar-refractivity contribution in [3.63, 3.8) is 0 Å². The lowest BCUT2D eigenvalue weighted by Crippen LogP contribution is -2.15. The molecule has 7 heteroatoms. The number of carboxylic acids is 1. The van der Waals surface area contributed by atoms with Crippen LogP contribution in [0.15, 0.2) is 12.1 Å². The molecule has 0 saturated carbocycles. The molecule has 0 aliphatic rings. The van der Waals surface area contributed by atoms with Crippen LogP contribution in [-0.2, 0) is 14.3 Å². The van der Waals surface area contributed by atoms with E-state index in [4.69, 9.17) is 9.84 Å². The first kappa shape index (κ1) is 14.9. The lowest BCUT2D eigenvalue weighted by Gasteiger charge is -2.08. The van der Waals surface area contributed by atoms with Gasteiger partial charge in [0, 0.05) is 6.54 Å². The van der Waals surface area contributed by atoms with E-state index in [1.54, 1.807) is 19.1 Å². The second kappa shape index (κ2) is 7.32. The maximum atomic E-state index is 11.4. The van der Waals surface area contributed by atoms with Crippen LogP contribution in [0.1, 0.15) is 16.1 Å². The minimum atomic E-state index is -1.00. The van der Waals surface area contributed by atoms with Gasteiger partial charge in [-0.15, -0.1) is 0 Å². The molecule has 2 N–H and O–H groups in total. The highest BCUT2D eigenvalue weighted by Gasteiger charge is 2.10. The van der Waals surface area contributed by atoms with Crippen LogP contribution in [-0.4, -0.2) is 48.9 Å². The third kappa shape index (κ3) is 4.92. The van der Waals surface area contributed by atoms with Crippen molar-refractivity contribution in [2.75, 3.05) is 32.2 Å². The molecular weight excluding hydrogens is 252 g/mol. The van der Waals surface area contributed by atoms with Gasteiger partial charge in [0.15, 0.2) is 0 Å². The summed E-state index contributed by atoms with van der Waals surface area (Å²) < 4.78 is 9.48. The van der Waals surface area contributed by atoms with Crippen molar-refractivity contribution in [3.05, 3.63) is 23.4 Å². The number of methoxy groups -OCH3 is 1. The monoisotopic (exact) mass is 268 g/mol. The number of anilines is 1. The summed E-state index contributed by atoms with van der Waals surface area (Å²) in [5, 5.41) is 11.3. The molecule has 0 fully saturated rings. The molecule has 0 spiro atoms. The summed E-state index contributed by atoms with van der Waals surface area (Å²) >= 11 is 0. The van der Waals surface area contributed by atoms with Gasteiger partial charge in [-0.1, -0.05) is 0 Å². The fourth-order valence-electron chi connectivity index (χ4n) is 1.40. The number of hydrogen-bond acceptors (Lipinski definition) is 6. The normalized spacial score (nSPS) is 10.0. The number of rotatable bonds is 7. The van der Waals surface area contributed by atoms with Crippen LogP contribution in [0.3, 0.4) is 0 Å². The second-order valence-electron chi connectivity index (χ2n) is 3.69. The summed E-state index contributed by atoms with van der Waals surface area (Å²) in [6, 6.07) is 3.27. The van der Waals surface area contributed by atoms with Crippen molar-refractivity contribution in [3.8, 4) is 0 Å². The third-order valence-corrected chi connectivity index (χ3v) is 2.27. The van der Waals surface area contributed by atoms with E-state index >= 15 is 0 Å². The molecule has 1 heterocycles. The Kier molecular flexibility index (Phi) is 5.74. The molecule has 0 amide bonds. The molecule has 0 saturated heterocycles. The van der Waals surface area contributed by atoms with Gasteiger partial charge in [0.1, 0.15) is 12.4 Å². The van der Waals surface area contributed by atoms with Crippen LogP contribution in [0.25, 0.3) is 0 Å². The average molecular weight is 268 g/mol. The van der Waals surface area contributed by atoms with Crippen LogP contribution in [0.2, 0.25) is 0 Å². The van der Waals surface area contributed by atoms with Gasteiger partial charge < -0.3 is 19.9 Å². The fourth-order valence-corrected chi connectivity index (χ4v) is 1.40. The summed E-state index contributed by atoms with van der Waals surface area (Å²) in [5.74, 6) is -0.846. The number of carbonyl (C=O) groups is 2. The molecule has 7 nitrogen and oxygen atoms in total. The van der Waals surface area contributed by atoms with Gasteiger partial charge in [-0.05, 0) is 19.1 Å². The topological polar surface area (TPSA) is 97.8 Å². The number of esters is 1. The highest BCUT2D eigenvalue weighted by atomic mass is 16.5. The molecule has 1 aromatic rings. The standard InChI is InChI=1S/C12H16N2O5/c1-8-9(12(17)18-2)3-4-10(14-8)13-5-6-19-7-11(15)16/h3-4H,5-7H2,1-2H3,(H,13,14)(H,15,16). The van der Waals surface area contributed by atoms with Crippen molar-refractivity contribution in [2.45, 2.75) is 6.92 Å². The fraction of sp³-hybridized carbons (Fsp3) is 0.417. The lowest BCUT2D eigenvalue weighted by molar-refractivity contribution is -0.142. The molecule has 1 aromatic heterocycles. The molecule has 19 heavy (non-hydrogen) atoms. The Labute approximate surface area is 110 Å². The molecule has 0 aliphatic carbocycles. The van der Waals surface area contributed by atoms with Crippen LogP contribution >= 0.6 is 0 Å². The lowest BCUT2D eigenvalue weighted by atomic mass is 10.2. The molecule has 0 unspecified atom stereocenters. The Hall–Kier alpha value is -2.15. The largest absolute Gasteiger partial charge is 0.480 e. The maximum absolute atomic E-state index is 11.4. The molecule has 1 rings (SSSR count). The summed E-state index contributed by atoms with van der Waals surface area (Å²) in [7, 11) is 1.31. The first-order chi connectivity index (χ1) is 9.04. The first-order valence-electron chi connectivity index (χ1n) is 5.64. The van der Waals surface area contributed by atoms with E-state index in [1.165, 1.54) is 7.11 Å². The van der Waals surface area contributed by atoms with Crippen molar-refractivity contribution >= 4 is 17.8 Å². The summed E-state index contributed by atoms with van der Waals surface area (Å²) in [5.41, 5.74) is 0.971. The number of nitrogens with zero attached hydrogens (tertiary/aromatic N) is 1. The molecule has 0 aliphatic heterocycles. The van der Waals surface area contributed by atoms with Crippen molar-refractivity contribution in [1.29, 1.82) is 0 Å². The molecule has 0 aromatic carbocycles. The van der Waals surface area contributed by atoms with Gasteiger partial charge in [-0.25, -0.2) is 14.6 Å². The predicted octanol–water partition coefficient (Wildman–Crippen LogP) is 0.690. The van der Waals surface area contributed by atoms with Gasteiger partial charge in [-0.3, -0.25) is 0 Å². The number of nitrogens with one attached hydrogen (secondary N) is 1. The third-order valence-electron chi connectivity index (χ3n) is 2.27.